The largest absolute Gasteiger partial charge is 0.462 e. The number of carbonyl (C=O) groups excluding carboxylic acids is 2. The van der Waals surface area contributed by atoms with Gasteiger partial charge in [-0.05, 0) is 31.5 Å². The van der Waals surface area contributed by atoms with E-state index in [2.05, 4.69) is 0 Å². The van der Waals surface area contributed by atoms with Crippen molar-refractivity contribution in [3.63, 3.8) is 0 Å². The fourth-order valence-electron chi connectivity index (χ4n) is 3.53. The van der Waals surface area contributed by atoms with Crippen LogP contribution in [0.3, 0.4) is 0 Å². The summed E-state index contributed by atoms with van der Waals surface area (Å²) in [5.41, 5.74) is 4.69. The van der Waals surface area contributed by atoms with Crippen LogP contribution in [0, 0.1) is 6.92 Å². The molecule has 1 aliphatic heterocycles. The van der Waals surface area contributed by atoms with E-state index >= 15 is 0 Å². The minimum Gasteiger partial charge on any atom is -0.462 e. The summed E-state index contributed by atoms with van der Waals surface area (Å²) in [6.45, 7) is 3.93. The highest BCUT2D eigenvalue weighted by Crippen LogP contribution is 2.41. The number of esters is 1. The summed E-state index contributed by atoms with van der Waals surface area (Å²) < 4.78 is 7.15. The number of ether oxygens (including phenoxy) is 1. The van der Waals surface area contributed by atoms with Crippen LogP contribution in [0.2, 0.25) is 0 Å². The van der Waals surface area contributed by atoms with E-state index in [-0.39, 0.29) is 12.4 Å². The van der Waals surface area contributed by atoms with Crippen LogP contribution in [0.15, 0.2) is 54.6 Å². The Kier molecular flexibility index (Phi) is 3.53. The van der Waals surface area contributed by atoms with Crippen molar-refractivity contribution in [1.82, 2.24) is 4.57 Å². The molecule has 0 N–H and O–H groups in total. The van der Waals surface area contributed by atoms with Crippen LogP contribution >= 0.6 is 0 Å². The zero-order valence-electron chi connectivity index (χ0n) is 14.1. The topological polar surface area (TPSA) is 48.3 Å². The molecule has 0 fully saturated rings. The maximum absolute atomic E-state index is 13.1. The van der Waals surface area contributed by atoms with Gasteiger partial charge in [-0.1, -0.05) is 42.5 Å². The van der Waals surface area contributed by atoms with E-state index in [1.165, 1.54) is 0 Å². The summed E-state index contributed by atoms with van der Waals surface area (Å²) in [6.07, 6.45) is 0. The molecule has 2 aromatic carbocycles. The SMILES string of the molecule is CCOC(=O)c1c(-c2ccccc2)c2n(c1C)-c1ccccc1C2=O. The van der Waals surface area contributed by atoms with Gasteiger partial charge in [-0.25, -0.2) is 4.79 Å². The standard InChI is InChI=1S/C21H17NO3/c1-3-25-21(24)17-13(2)22-16-12-8-7-11-15(16)20(23)19(22)18(17)14-9-5-4-6-10-14/h4-12H,3H2,1-2H3. The Morgan fingerprint density at radius 2 is 1.72 bits per heavy atom. The first kappa shape index (κ1) is 15.4. The van der Waals surface area contributed by atoms with E-state index in [4.69, 9.17) is 4.74 Å². The zero-order chi connectivity index (χ0) is 17.6. The Morgan fingerprint density at radius 1 is 1.04 bits per heavy atom. The summed E-state index contributed by atoms with van der Waals surface area (Å²) in [7, 11) is 0. The highest BCUT2D eigenvalue weighted by molar-refractivity contribution is 6.20. The van der Waals surface area contributed by atoms with E-state index in [1.807, 2.05) is 66.1 Å². The Labute approximate surface area is 145 Å². The van der Waals surface area contributed by atoms with Gasteiger partial charge in [0, 0.05) is 16.8 Å². The van der Waals surface area contributed by atoms with Gasteiger partial charge in [-0.15, -0.1) is 0 Å². The van der Waals surface area contributed by atoms with Crippen molar-refractivity contribution in [3.8, 4) is 16.8 Å². The molecule has 0 saturated carbocycles. The predicted octanol–water partition coefficient (Wildman–Crippen LogP) is 4.17. The third kappa shape index (κ3) is 2.14. The Balaban J connectivity index is 2.07. The highest BCUT2D eigenvalue weighted by atomic mass is 16.5. The van der Waals surface area contributed by atoms with Crippen LogP contribution in [0.4, 0.5) is 0 Å². The lowest BCUT2D eigenvalue weighted by atomic mass is 9.97. The lowest BCUT2D eigenvalue weighted by molar-refractivity contribution is 0.0526. The van der Waals surface area contributed by atoms with E-state index in [0.717, 1.165) is 16.9 Å². The van der Waals surface area contributed by atoms with Gasteiger partial charge in [0.2, 0.25) is 5.78 Å². The second-order valence-electron chi connectivity index (χ2n) is 5.95. The summed E-state index contributed by atoms with van der Waals surface area (Å²) in [5, 5.41) is 0. The second-order valence-corrected chi connectivity index (χ2v) is 5.95. The molecule has 3 aromatic rings. The van der Waals surface area contributed by atoms with Gasteiger partial charge in [0.15, 0.2) is 0 Å². The number of nitrogens with zero attached hydrogens (tertiary/aromatic N) is 1. The third-order valence-corrected chi connectivity index (χ3v) is 4.55. The Morgan fingerprint density at radius 3 is 2.44 bits per heavy atom. The highest BCUT2D eigenvalue weighted by Gasteiger charge is 2.36. The fraction of sp³-hybridized carbons (Fsp3) is 0.143. The predicted molar refractivity (Wildman–Crippen MR) is 95.3 cm³/mol. The van der Waals surface area contributed by atoms with E-state index in [1.54, 1.807) is 6.92 Å². The van der Waals surface area contributed by atoms with Crippen molar-refractivity contribution >= 4 is 11.8 Å². The zero-order valence-corrected chi connectivity index (χ0v) is 14.1. The molecule has 0 saturated heterocycles. The lowest BCUT2D eigenvalue weighted by Crippen LogP contribution is -2.08. The number of hydrogen-bond acceptors (Lipinski definition) is 3. The van der Waals surface area contributed by atoms with Crippen LogP contribution in [0.5, 0.6) is 0 Å². The molecule has 0 atom stereocenters. The Bertz CT molecular complexity index is 999. The first-order valence-corrected chi connectivity index (χ1v) is 8.27. The first-order valence-electron chi connectivity index (χ1n) is 8.27. The molecule has 1 aliphatic rings. The fourth-order valence-corrected chi connectivity index (χ4v) is 3.53. The molecule has 124 valence electrons. The summed E-state index contributed by atoms with van der Waals surface area (Å²) >= 11 is 0. The van der Waals surface area contributed by atoms with Crippen molar-refractivity contribution < 1.29 is 14.3 Å². The van der Waals surface area contributed by atoms with Crippen LogP contribution in [-0.2, 0) is 4.74 Å². The maximum atomic E-state index is 13.1. The molecule has 0 amide bonds. The lowest BCUT2D eigenvalue weighted by Gasteiger charge is -2.08. The second kappa shape index (κ2) is 5.74. The Hall–Kier alpha value is -3.14. The number of aromatic nitrogens is 1. The molecular weight excluding hydrogens is 314 g/mol. The van der Waals surface area contributed by atoms with Crippen molar-refractivity contribution in [3.05, 3.63) is 77.1 Å². The molecule has 4 rings (SSSR count). The molecule has 0 unspecified atom stereocenters. The summed E-state index contributed by atoms with van der Waals surface area (Å²) in [5.74, 6) is -0.459. The summed E-state index contributed by atoms with van der Waals surface area (Å²) in [4.78, 5) is 25.7. The number of ketones is 1. The van der Waals surface area contributed by atoms with Crippen LogP contribution < -0.4 is 0 Å². The van der Waals surface area contributed by atoms with Gasteiger partial charge in [0.25, 0.3) is 0 Å². The molecule has 25 heavy (non-hydrogen) atoms. The number of carbonyl (C=O) groups is 2. The van der Waals surface area contributed by atoms with Crippen LogP contribution in [-0.4, -0.2) is 22.9 Å². The molecule has 0 bridgehead atoms. The van der Waals surface area contributed by atoms with Gasteiger partial charge >= 0.3 is 5.97 Å². The average Bonchev–Trinajstić information content (AvgIpc) is 3.10. The molecule has 0 radical (unpaired) electrons. The quantitative estimate of drug-likeness (QED) is 0.529. The normalized spacial score (nSPS) is 12.0. The molecule has 1 aromatic heterocycles. The van der Waals surface area contributed by atoms with Gasteiger partial charge in [-0.2, -0.15) is 0 Å². The van der Waals surface area contributed by atoms with Gasteiger partial charge < -0.3 is 9.30 Å². The minimum absolute atomic E-state index is 0.0619. The molecular formula is C21H17NO3. The van der Waals surface area contributed by atoms with E-state index in [0.29, 0.717) is 22.4 Å². The van der Waals surface area contributed by atoms with Gasteiger partial charge in [0.1, 0.15) is 5.69 Å². The number of fused-ring (bicyclic) bond motifs is 3. The number of hydrogen-bond donors (Lipinski definition) is 0. The molecule has 0 aliphatic carbocycles. The third-order valence-electron chi connectivity index (χ3n) is 4.55. The number of benzene rings is 2. The molecule has 2 heterocycles. The van der Waals surface area contributed by atoms with Crippen molar-refractivity contribution in [2.24, 2.45) is 0 Å². The average molecular weight is 331 g/mol. The van der Waals surface area contributed by atoms with E-state index in [9.17, 15) is 9.59 Å². The number of rotatable bonds is 3. The van der Waals surface area contributed by atoms with Crippen molar-refractivity contribution in [2.75, 3.05) is 6.61 Å². The van der Waals surface area contributed by atoms with Crippen LogP contribution in [0.1, 0.15) is 39.0 Å². The summed E-state index contributed by atoms with van der Waals surface area (Å²) in [6, 6.07) is 17.0. The van der Waals surface area contributed by atoms with Crippen LogP contribution in [0.25, 0.3) is 16.8 Å². The van der Waals surface area contributed by atoms with Crippen molar-refractivity contribution in [2.45, 2.75) is 13.8 Å². The van der Waals surface area contributed by atoms with Crippen molar-refractivity contribution in [1.29, 1.82) is 0 Å². The monoisotopic (exact) mass is 331 g/mol. The van der Waals surface area contributed by atoms with E-state index < -0.39 is 5.97 Å². The van der Waals surface area contributed by atoms with Gasteiger partial charge in [-0.3, -0.25) is 4.79 Å². The number of para-hydroxylation sites is 1. The smallest absolute Gasteiger partial charge is 0.340 e. The molecule has 4 heteroatoms. The minimum atomic E-state index is -0.397. The molecule has 0 spiro atoms. The van der Waals surface area contributed by atoms with Gasteiger partial charge in [0.05, 0.1) is 17.9 Å². The maximum Gasteiger partial charge on any atom is 0.340 e. The molecule has 4 nitrogen and oxygen atoms in total. The first-order chi connectivity index (χ1) is 12.1.